The smallest absolute Gasteiger partial charge is 0.224 e. The fourth-order valence-corrected chi connectivity index (χ4v) is 3.20. The molecule has 1 fully saturated rings. The Bertz CT molecular complexity index is 664. The standard InChI is InChI=1S/C20H28N4O/c1-16-15-19(24-13-5-3-4-6-14-24)23-20(22-16)21-12-11-17-7-9-18(25-2)10-8-17/h7-10,15H,3-6,11-14H2,1-2H3,(H,21,22,23). The number of nitrogens with zero attached hydrogens (tertiary/aromatic N) is 3. The van der Waals surface area contributed by atoms with Crippen LogP contribution < -0.4 is 15.0 Å². The van der Waals surface area contributed by atoms with Crippen molar-refractivity contribution in [1.82, 2.24) is 9.97 Å². The van der Waals surface area contributed by atoms with Gasteiger partial charge in [-0.25, -0.2) is 4.98 Å². The number of hydrogen-bond acceptors (Lipinski definition) is 5. The van der Waals surface area contributed by atoms with Gasteiger partial charge in [-0.3, -0.25) is 0 Å². The molecule has 1 aliphatic heterocycles. The Morgan fingerprint density at radius 3 is 2.44 bits per heavy atom. The molecule has 1 N–H and O–H groups in total. The number of anilines is 2. The number of rotatable bonds is 6. The fourth-order valence-electron chi connectivity index (χ4n) is 3.20. The molecule has 1 saturated heterocycles. The third-order valence-corrected chi connectivity index (χ3v) is 4.63. The summed E-state index contributed by atoms with van der Waals surface area (Å²) in [6.45, 7) is 5.05. The van der Waals surface area contributed by atoms with Crippen molar-refractivity contribution >= 4 is 11.8 Å². The highest BCUT2D eigenvalue weighted by Gasteiger charge is 2.13. The third-order valence-electron chi connectivity index (χ3n) is 4.63. The average Bonchev–Trinajstić information content (AvgIpc) is 2.91. The van der Waals surface area contributed by atoms with Crippen LogP contribution in [-0.2, 0) is 6.42 Å². The maximum Gasteiger partial charge on any atom is 0.224 e. The molecule has 0 unspecified atom stereocenters. The molecule has 0 radical (unpaired) electrons. The van der Waals surface area contributed by atoms with Gasteiger partial charge in [0.1, 0.15) is 11.6 Å². The van der Waals surface area contributed by atoms with Crippen molar-refractivity contribution in [2.45, 2.75) is 39.0 Å². The van der Waals surface area contributed by atoms with Crippen molar-refractivity contribution in [2.24, 2.45) is 0 Å². The molecular formula is C20H28N4O. The molecule has 134 valence electrons. The van der Waals surface area contributed by atoms with Crippen molar-refractivity contribution < 1.29 is 4.74 Å². The summed E-state index contributed by atoms with van der Waals surface area (Å²) in [5.74, 6) is 2.68. The monoisotopic (exact) mass is 340 g/mol. The lowest BCUT2D eigenvalue weighted by atomic mass is 10.1. The van der Waals surface area contributed by atoms with Gasteiger partial charge in [-0.1, -0.05) is 25.0 Å². The van der Waals surface area contributed by atoms with E-state index in [1.165, 1.54) is 31.2 Å². The van der Waals surface area contributed by atoms with Crippen molar-refractivity contribution in [3.05, 3.63) is 41.6 Å². The first-order valence-electron chi connectivity index (χ1n) is 9.22. The second-order valence-corrected chi connectivity index (χ2v) is 6.62. The van der Waals surface area contributed by atoms with Gasteiger partial charge >= 0.3 is 0 Å². The van der Waals surface area contributed by atoms with E-state index >= 15 is 0 Å². The van der Waals surface area contributed by atoms with Gasteiger partial charge in [0.25, 0.3) is 0 Å². The van der Waals surface area contributed by atoms with Crippen molar-refractivity contribution in [1.29, 1.82) is 0 Å². The number of nitrogens with one attached hydrogen (secondary N) is 1. The van der Waals surface area contributed by atoms with E-state index < -0.39 is 0 Å². The number of aromatic nitrogens is 2. The Kier molecular flexibility index (Phi) is 6.09. The van der Waals surface area contributed by atoms with Gasteiger partial charge in [0.15, 0.2) is 0 Å². The van der Waals surface area contributed by atoms with Crippen LogP contribution in [0, 0.1) is 6.92 Å². The molecule has 25 heavy (non-hydrogen) atoms. The summed E-state index contributed by atoms with van der Waals surface area (Å²) in [5.41, 5.74) is 2.29. The molecule has 0 saturated carbocycles. The second kappa shape index (κ2) is 8.70. The van der Waals surface area contributed by atoms with E-state index in [1.807, 2.05) is 19.1 Å². The van der Waals surface area contributed by atoms with Gasteiger partial charge in [0, 0.05) is 31.4 Å². The third kappa shape index (κ3) is 5.08. The Morgan fingerprint density at radius 2 is 1.76 bits per heavy atom. The van der Waals surface area contributed by atoms with E-state index in [0.29, 0.717) is 0 Å². The minimum absolute atomic E-state index is 0.729. The lowest BCUT2D eigenvalue weighted by Crippen LogP contribution is -2.25. The zero-order chi connectivity index (χ0) is 17.5. The predicted octanol–water partition coefficient (Wildman–Crippen LogP) is 3.83. The van der Waals surface area contributed by atoms with Crippen LogP contribution in [0.2, 0.25) is 0 Å². The molecule has 0 spiro atoms. The van der Waals surface area contributed by atoms with Crippen LogP contribution in [0.15, 0.2) is 30.3 Å². The Labute approximate surface area is 150 Å². The quantitative estimate of drug-likeness (QED) is 0.866. The van der Waals surface area contributed by atoms with Crippen LogP contribution in [-0.4, -0.2) is 36.7 Å². The molecule has 0 atom stereocenters. The van der Waals surface area contributed by atoms with E-state index in [1.54, 1.807) is 7.11 Å². The number of aryl methyl sites for hydroxylation is 1. The van der Waals surface area contributed by atoms with Crippen LogP contribution in [0.5, 0.6) is 5.75 Å². The number of ether oxygens (including phenoxy) is 1. The first kappa shape index (κ1) is 17.5. The van der Waals surface area contributed by atoms with Crippen molar-refractivity contribution in [3.63, 3.8) is 0 Å². The minimum atomic E-state index is 0.729. The lowest BCUT2D eigenvalue weighted by Gasteiger charge is -2.22. The summed E-state index contributed by atoms with van der Waals surface area (Å²) in [4.78, 5) is 11.7. The van der Waals surface area contributed by atoms with Gasteiger partial charge in [0.05, 0.1) is 7.11 Å². The molecule has 0 bridgehead atoms. The molecule has 1 aliphatic rings. The SMILES string of the molecule is COc1ccc(CCNc2nc(C)cc(N3CCCCCC3)n2)cc1. The van der Waals surface area contributed by atoms with Crippen molar-refractivity contribution in [3.8, 4) is 5.75 Å². The van der Waals surface area contributed by atoms with Gasteiger partial charge < -0.3 is 15.0 Å². The Morgan fingerprint density at radius 1 is 1.04 bits per heavy atom. The summed E-state index contributed by atoms with van der Waals surface area (Å²) in [6.07, 6.45) is 6.09. The Hall–Kier alpha value is -2.30. The summed E-state index contributed by atoms with van der Waals surface area (Å²) in [7, 11) is 1.69. The minimum Gasteiger partial charge on any atom is -0.497 e. The molecule has 5 nitrogen and oxygen atoms in total. The van der Waals surface area contributed by atoms with Gasteiger partial charge in [0.2, 0.25) is 5.95 Å². The van der Waals surface area contributed by atoms with Crippen LogP contribution in [0.1, 0.15) is 36.9 Å². The van der Waals surface area contributed by atoms with Gasteiger partial charge in [-0.2, -0.15) is 4.98 Å². The zero-order valence-corrected chi connectivity index (χ0v) is 15.3. The maximum absolute atomic E-state index is 5.20. The average molecular weight is 340 g/mol. The van der Waals surface area contributed by atoms with E-state index in [0.717, 1.165) is 49.3 Å². The molecule has 2 heterocycles. The molecule has 0 aliphatic carbocycles. The van der Waals surface area contributed by atoms with Crippen LogP contribution in [0.3, 0.4) is 0 Å². The molecule has 0 amide bonds. The predicted molar refractivity (Wildman–Crippen MR) is 103 cm³/mol. The first-order chi connectivity index (χ1) is 12.2. The summed E-state index contributed by atoms with van der Waals surface area (Å²) in [6, 6.07) is 10.3. The highest BCUT2D eigenvalue weighted by molar-refractivity contribution is 5.45. The van der Waals surface area contributed by atoms with Gasteiger partial charge in [-0.15, -0.1) is 0 Å². The number of benzene rings is 1. The summed E-state index contributed by atoms with van der Waals surface area (Å²) < 4.78 is 5.20. The number of hydrogen-bond donors (Lipinski definition) is 1. The molecular weight excluding hydrogens is 312 g/mol. The first-order valence-corrected chi connectivity index (χ1v) is 9.22. The van der Waals surface area contributed by atoms with Crippen molar-refractivity contribution in [2.75, 3.05) is 37.0 Å². The molecule has 3 rings (SSSR count). The van der Waals surface area contributed by atoms with E-state index in [9.17, 15) is 0 Å². The molecule has 2 aromatic rings. The van der Waals surface area contributed by atoms with Crippen LogP contribution in [0.4, 0.5) is 11.8 Å². The van der Waals surface area contributed by atoms with E-state index in [-0.39, 0.29) is 0 Å². The highest BCUT2D eigenvalue weighted by atomic mass is 16.5. The molecule has 5 heteroatoms. The lowest BCUT2D eigenvalue weighted by molar-refractivity contribution is 0.414. The number of methoxy groups -OCH3 is 1. The Balaban J connectivity index is 1.59. The van der Waals surface area contributed by atoms with E-state index in [2.05, 4.69) is 33.4 Å². The highest BCUT2D eigenvalue weighted by Crippen LogP contribution is 2.19. The fraction of sp³-hybridized carbons (Fsp3) is 0.500. The molecule has 1 aromatic heterocycles. The van der Waals surface area contributed by atoms with Gasteiger partial charge in [-0.05, 0) is 43.9 Å². The largest absolute Gasteiger partial charge is 0.497 e. The topological polar surface area (TPSA) is 50.3 Å². The van der Waals surface area contributed by atoms with Crippen LogP contribution >= 0.6 is 0 Å². The van der Waals surface area contributed by atoms with E-state index in [4.69, 9.17) is 9.72 Å². The maximum atomic E-state index is 5.20. The van der Waals surface area contributed by atoms with Crippen LogP contribution in [0.25, 0.3) is 0 Å². The summed E-state index contributed by atoms with van der Waals surface area (Å²) >= 11 is 0. The normalized spacial score (nSPS) is 14.9. The second-order valence-electron chi connectivity index (χ2n) is 6.62. The molecule has 1 aromatic carbocycles. The summed E-state index contributed by atoms with van der Waals surface area (Å²) in [5, 5.41) is 3.38. The zero-order valence-electron chi connectivity index (χ0n) is 15.3.